The molecule has 1 N–H and O–H groups in total. The van der Waals surface area contributed by atoms with Crippen LogP contribution in [0.2, 0.25) is 0 Å². The molecule has 0 saturated carbocycles. The zero-order valence-corrected chi connectivity index (χ0v) is 18.6. The van der Waals surface area contributed by atoms with Gasteiger partial charge in [-0.2, -0.15) is 0 Å². The highest BCUT2D eigenvalue weighted by molar-refractivity contribution is 6.11. The van der Waals surface area contributed by atoms with Crippen LogP contribution >= 0.6 is 0 Å². The van der Waals surface area contributed by atoms with Crippen molar-refractivity contribution in [1.82, 2.24) is 19.9 Å². The van der Waals surface area contributed by atoms with E-state index in [0.29, 0.717) is 35.7 Å². The van der Waals surface area contributed by atoms with Gasteiger partial charge in [-0.3, -0.25) is 19.1 Å². The Kier molecular flexibility index (Phi) is 5.46. The van der Waals surface area contributed by atoms with Crippen LogP contribution in [-0.2, 0) is 10.3 Å². The van der Waals surface area contributed by atoms with Gasteiger partial charge >= 0.3 is 6.03 Å². The van der Waals surface area contributed by atoms with E-state index in [1.807, 2.05) is 55.7 Å². The molecule has 3 aromatic rings. The van der Waals surface area contributed by atoms with Gasteiger partial charge < -0.3 is 9.84 Å². The molecule has 1 aromatic carbocycles. The fraction of sp³-hybridized carbons (Fsp3) is 0.333. The number of rotatable bonds is 7. The number of benzene rings is 1. The van der Waals surface area contributed by atoms with E-state index in [2.05, 4.69) is 10.5 Å². The Morgan fingerprint density at radius 2 is 1.84 bits per heavy atom. The summed E-state index contributed by atoms with van der Waals surface area (Å²) in [6, 6.07) is 12.2. The molecule has 8 nitrogen and oxygen atoms in total. The molecule has 1 unspecified atom stereocenters. The molecule has 8 heteroatoms. The van der Waals surface area contributed by atoms with Gasteiger partial charge in [0.1, 0.15) is 11.3 Å². The first-order valence-electron chi connectivity index (χ1n) is 10.6. The molecule has 3 heterocycles. The van der Waals surface area contributed by atoms with E-state index in [9.17, 15) is 14.4 Å². The highest BCUT2D eigenvalue weighted by Crippen LogP contribution is 2.34. The molecule has 0 bridgehead atoms. The molecule has 3 amide bonds. The van der Waals surface area contributed by atoms with Crippen molar-refractivity contribution >= 4 is 17.7 Å². The Balaban J connectivity index is 1.63. The summed E-state index contributed by atoms with van der Waals surface area (Å²) in [5.41, 5.74) is 1.49. The molecule has 0 aliphatic carbocycles. The molecule has 1 aliphatic rings. The molecular formula is C24H26N4O4. The van der Waals surface area contributed by atoms with E-state index < -0.39 is 17.5 Å². The van der Waals surface area contributed by atoms with Crippen LogP contribution in [0.3, 0.4) is 0 Å². The van der Waals surface area contributed by atoms with Crippen LogP contribution in [0.15, 0.2) is 47.0 Å². The summed E-state index contributed by atoms with van der Waals surface area (Å²) < 4.78 is 6.98. The van der Waals surface area contributed by atoms with Crippen LogP contribution in [0.25, 0.3) is 5.82 Å². The van der Waals surface area contributed by atoms with Crippen LogP contribution in [0, 0.1) is 20.8 Å². The van der Waals surface area contributed by atoms with Gasteiger partial charge in [0.2, 0.25) is 0 Å². The van der Waals surface area contributed by atoms with Gasteiger partial charge in [-0.15, -0.1) is 0 Å². The molecule has 0 radical (unpaired) electrons. The third-order valence-electron chi connectivity index (χ3n) is 5.95. The summed E-state index contributed by atoms with van der Waals surface area (Å²) in [5.74, 6) is 0.531. The number of ketones is 1. The number of aryl methyl sites for hydroxylation is 2. The van der Waals surface area contributed by atoms with Crippen molar-refractivity contribution in [2.24, 2.45) is 0 Å². The van der Waals surface area contributed by atoms with Crippen LogP contribution in [-0.4, -0.2) is 38.9 Å². The van der Waals surface area contributed by atoms with Gasteiger partial charge in [0, 0.05) is 23.0 Å². The summed E-state index contributed by atoms with van der Waals surface area (Å²) in [6.07, 6.45) is 1.15. The van der Waals surface area contributed by atoms with Crippen molar-refractivity contribution in [2.45, 2.75) is 46.1 Å². The number of nitrogens with zero attached hydrogens (tertiary/aromatic N) is 3. The highest BCUT2D eigenvalue weighted by atomic mass is 16.5. The van der Waals surface area contributed by atoms with E-state index in [-0.39, 0.29) is 12.3 Å². The molecule has 32 heavy (non-hydrogen) atoms. The van der Waals surface area contributed by atoms with Crippen molar-refractivity contribution < 1.29 is 18.9 Å². The third kappa shape index (κ3) is 3.41. The first-order valence-corrected chi connectivity index (χ1v) is 10.6. The van der Waals surface area contributed by atoms with Gasteiger partial charge in [-0.1, -0.05) is 48.8 Å². The quantitative estimate of drug-likeness (QED) is 0.450. The van der Waals surface area contributed by atoms with Gasteiger partial charge in [0.25, 0.3) is 5.91 Å². The number of aromatic nitrogens is 2. The number of hydrogen-bond acceptors (Lipinski definition) is 5. The zero-order chi connectivity index (χ0) is 23.0. The van der Waals surface area contributed by atoms with Gasteiger partial charge in [-0.25, -0.2) is 4.79 Å². The van der Waals surface area contributed by atoms with Crippen LogP contribution in [0.4, 0.5) is 4.79 Å². The van der Waals surface area contributed by atoms with Crippen LogP contribution in [0.1, 0.15) is 52.8 Å². The minimum Gasteiger partial charge on any atom is -0.360 e. The maximum absolute atomic E-state index is 13.4. The molecule has 1 fully saturated rings. The molecule has 1 aliphatic heterocycles. The summed E-state index contributed by atoms with van der Waals surface area (Å²) >= 11 is 0. The van der Waals surface area contributed by atoms with Crippen molar-refractivity contribution in [3.05, 3.63) is 70.7 Å². The number of urea groups is 1. The predicted molar refractivity (Wildman–Crippen MR) is 118 cm³/mol. The second-order valence-corrected chi connectivity index (χ2v) is 8.18. The number of Topliss-reactive ketones (excluding diaryl/α,β-unsaturated/α-hetero) is 1. The van der Waals surface area contributed by atoms with E-state index in [1.165, 1.54) is 0 Å². The molecular weight excluding hydrogens is 408 g/mol. The molecule has 2 aromatic heterocycles. The fourth-order valence-electron chi connectivity index (χ4n) is 4.46. The molecule has 1 saturated heterocycles. The van der Waals surface area contributed by atoms with E-state index in [0.717, 1.165) is 16.2 Å². The van der Waals surface area contributed by atoms with E-state index in [1.54, 1.807) is 19.1 Å². The van der Waals surface area contributed by atoms with Crippen molar-refractivity contribution in [2.75, 3.05) is 6.54 Å². The molecule has 1 atom stereocenters. The van der Waals surface area contributed by atoms with Gasteiger partial charge in [0.05, 0.1) is 6.54 Å². The minimum atomic E-state index is -1.15. The first kappa shape index (κ1) is 21.5. The van der Waals surface area contributed by atoms with Gasteiger partial charge in [-0.05, 0) is 38.8 Å². The Hall–Kier alpha value is -3.68. The second-order valence-electron chi connectivity index (χ2n) is 8.18. The number of amides is 3. The molecule has 166 valence electrons. The lowest BCUT2D eigenvalue weighted by molar-refractivity contribution is -0.131. The summed E-state index contributed by atoms with van der Waals surface area (Å²) in [5, 5.41) is 6.89. The zero-order valence-electron chi connectivity index (χ0n) is 18.6. The second kappa shape index (κ2) is 8.11. The lowest BCUT2D eigenvalue weighted by Gasteiger charge is -2.26. The SMILES string of the molecule is CCCC1(c2ccccc2)NC(=O)N(CC(=O)c2cc(C)n(-c3cc(C)on3)c2C)C1=O. The Morgan fingerprint density at radius 1 is 1.12 bits per heavy atom. The maximum Gasteiger partial charge on any atom is 0.325 e. The Labute approximate surface area is 186 Å². The smallest absolute Gasteiger partial charge is 0.325 e. The molecule has 0 spiro atoms. The average Bonchev–Trinajstić information content (AvgIpc) is 3.39. The minimum absolute atomic E-state index is 0.312. The standard InChI is InChI=1S/C24H26N4O4/c1-5-11-24(18-9-7-6-8-10-18)22(30)27(23(31)25-24)14-20(29)19-12-15(2)28(17(19)4)21-13-16(3)32-26-21/h6-10,12-13H,5,11,14H2,1-4H3,(H,25,31). The highest BCUT2D eigenvalue weighted by Gasteiger charge is 2.52. The van der Waals surface area contributed by atoms with Crippen molar-refractivity contribution in [3.8, 4) is 5.82 Å². The summed E-state index contributed by atoms with van der Waals surface area (Å²) in [6.45, 7) is 7.10. The Morgan fingerprint density at radius 3 is 2.47 bits per heavy atom. The molecule has 4 rings (SSSR count). The van der Waals surface area contributed by atoms with E-state index in [4.69, 9.17) is 4.52 Å². The normalized spacial score (nSPS) is 18.3. The monoisotopic (exact) mass is 434 g/mol. The van der Waals surface area contributed by atoms with Crippen LogP contribution in [0.5, 0.6) is 0 Å². The summed E-state index contributed by atoms with van der Waals surface area (Å²) in [7, 11) is 0. The number of imide groups is 1. The van der Waals surface area contributed by atoms with Crippen LogP contribution < -0.4 is 5.32 Å². The fourth-order valence-corrected chi connectivity index (χ4v) is 4.46. The van der Waals surface area contributed by atoms with E-state index >= 15 is 0 Å². The lowest BCUT2D eigenvalue weighted by Crippen LogP contribution is -2.44. The van der Waals surface area contributed by atoms with Gasteiger partial charge in [0.15, 0.2) is 11.6 Å². The predicted octanol–water partition coefficient (Wildman–Crippen LogP) is 3.82. The average molecular weight is 434 g/mol. The topological polar surface area (TPSA) is 97.4 Å². The number of carbonyl (C=O) groups excluding carboxylic acids is 3. The third-order valence-corrected chi connectivity index (χ3v) is 5.95. The number of hydrogen-bond donors (Lipinski definition) is 1. The van der Waals surface area contributed by atoms with Crippen molar-refractivity contribution in [3.63, 3.8) is 0 Å². The lowest BCUT2D eigenvalue weighted by atomic mass is 9.85. The maximum atomic E-state index is 13.4. The summed E-state index contributed by atoms with van der Waals surface area (Å²) in [4.78, 5) is 40.5. The Bertz CT molecular complexity index is 1190. The number of nitrogens with one attached hydrogen (secondary N) is 1. The largest absolute Gasteiger partial charge is 0.360 e. The van der Waals surface area contributed by atoms with Crippen molar-refractivity contribution in [1.29, 1.82) is 0 Å². The number of carbonyl (C=O) groups is 3. The first-order chi connectivity index (χ1) is 15.3.